The van der Waals surface area contributed by atoms with Crippen LogP contribution in [0, 0.1) is 0 Å². The molecule has 0 N–H and O–H groups in total. The summed E-state index contributed by atoms with van der Waals surface area (Å²) in [5, 5.41) is 0.477. The standard InChI is InChI=1S/C17H17ClN2O3S3/c1-23-10-9-20-15-8-5-13(24-2)11-16(15)25-17(20)19-26(21,22)14-6-3-12(18)4-7-14/h3-8,11H,9-10H2,1-2H3/b19-17-. The normalized spacial score (nSPS) is 12.8. The number of nitrogens with zero attached hydrogens (tertiary/aromatic N) is 2. The van der Waals surface area contributed by atoms with Crippen molar-refractivity contribution in [1.29, 1.82) is 0 Å². The average molecular weight is 429 g/mol. The third-order valence-electron chi connectivity index (χ3n) is 3.72. The van der Waals surface area contributed by atoms with Crippen LogP contribution in [-0.2, 0) is 21.3 Å². The van der Waals surface area contributed by atoms with Gasteiger partial charge in [0.25, 0.3) is 10.0 Å². The predicted molar refractivity (Wildman–Crippen MR) is 108 cm³/mol. The van der Waals surface area contributed by atoms with Gasteiger partial charge in [-0.15, -0.1) is 16.2 Å². The molecule has 0 fully saturated rings. The molecule has 0 atom stereocenters. The first-order valence-corrected chi connectivity index (χ1v) is 11.5. The highest BCUT2D eigenvalue weighted by atomic mass is 35.5. The van der Waals surface area contributed by atoms with Crippen LogP contribution in [0.5, 0.6) is 0 Å². The summed E-state index contributed by atoms with van der Waals surface area (Å²) < 4.78 is 37.5. The van der Waals surface area contributed by atoms with E-state index >= 15 is 0 Å². The zero-order valence-electron chi connectivity index (χ0n) is 14.2. The largest absolute Gasteiger partial charge is 0.383 e. The Hall–Kier alpha value is -1.32. The zero-order valence-corrected chi connectivity index (χ0v) is 17.4. The molecular weight excluding hydrogens is 412 g/mol. The summed E-state index contributed by atoms with van der Waals surface area (Å²) in [5.41, 5.74) is 0.940. The molecule has 1 heterocycles. The van der Waals surface area contributed by atoms with Gasteiger partial charge in [-0.1, -0.05) is 22.9 Å². The molecule has 0 saturated heterocycles. The molecule has 0 radical (unpaired) electrons. The highest BCUT2D eigenvalue weighted by molar-refractivity contribution is 7.98. The van der Waals surface area contributed by atoms with E-state index in [0.717, 1.165) is 15.1 Å². The molecule has 0 aliphatic heterocycles. The molecule has 0 saturated carbocycles. The van der Waals surface area contributed by atoms with Crippen molar-refractivity contribution in [3.05, 3.63) is 52.3 Å². The lowest BCUT2D eigenvalue weighted by molar-refractivity contribution is 0.187. The van der Waals surface area contributed by atoms with E-state index in [1.807, 2.05) is 29.0 Å². The first kappa shape index (κ1) is 19.4. The molecule has 0 amide bonds. The third kappa shape index (κ3) is 4.15. The number of ether oxygens (including phenoxy) is 1. The highest BCUT2D eigenvalue weighted by Crippen LogP contribution is 2.24. The maximum atomic E-state index is 12.7. The fraction of sp³-hybridized carbons (Fsp3) is 0.235. The lowest BCUT2D eigenvalue weighted by atomic mass is 10.3. The van der Waals surface area contributed by atoms with Gasteiger partial charge in [0.15, 0.2) is 0 Å². The van der Waals surface area contributed by atoms with Crippen molar-refractivity contribution in [3.8, 4) is 0 Å². The van der Waals surface area contributed by atoms with Crippen LogP contribution < -0.4 is 4.80 Å². The monoisotopic (exact) mass is 428 g/mol. The first-order chi connectivity index (χ1) is 12.4. The Balaban J connectivity index is 2.18. The lowest BCUT2D eigenvalue weighted by Crippen LogP contribution is -2.19. The molecule has 9 heteroatoms. The topological polar surface area (TPSA) is 60.7 Å². The molecule has 3 rings (SSSR count). The van der Waals surface area contributed by atoms with Crippen molar-refractivity contribution in [2.24, 2.45) is 4.40 Å². The van der Waals surface area contributed by atoms with E-state index in [2.05, 4.69) is 4.40 Å². The fourth-order valence-corrected chi connectivity index (χ4v) is 5.35. The third-order valence-corrected chi connectivity index (χ3v) is 7.13. The van der Waals surface area contributed by atoms with Crippen LogP contribution in [0.1, 0.15) is 0 Å². The minimum atomic E-state index is -3.83. The van der Waals surface area contributed by atoms with Crippen LogP contribution in [-0.4, -0.2) is 33.0 Å². The number of fused-ring (bicyclic) bond motifs is 1. The SMILES string of the molecule is COCCn1/c(=N/S(=O)(=O)c2ccc(Cl)cc2)sc2cc(SC)ccc21. The van der Waals surface area contributed by atoms with E-state index in [1.54, 1.807) is 31.0 Å². The van der Waals surface area contributed by atoms with Gasteiger partial charge in [-0.25, -0.2) is 0 Å². The maximum absolute atomic E-state index is 12.7. The van der Waals surface area contributed by atoms with Crippen LogP contribution in [0.4, 0.5) is 0 Å². The van der Waals surface area contributed by atoms with Gasteiger partial charge >= 0.3 is 0 Å². The molecule has 26 heavy (non-hydrogen) atoms. The summed E-state index contributed by atoms with van der Waals surface area (Å²) in [6, 6.07) is 12.0. The zero-order chi connectivity index (χ0) is 18.7. The van der Waals surface area contributed by atoms with Crippen molar-refractivity contribution < 1.29 is 13.2 Å². The number of thioether (sulfide) groups is 1. The van der Waals surface area contributed by atoms with Crippen molar-refractivity contribution in [3.63, 3.8) is 0 Å². The van der Waals surface area contributed by atoms with E-state index in [-0.39, 0.29) is 4.90 Å². The average Bonchev–Trinajstić information content (AvgIpc) is 2.95. The molecule has 5 nitrogen and oxygen atoms in total. The fourth-order valence-electron chi connectivity index (χ4n) is 2.41. The van der Waals surface area contributed by atoms with Crippen molar-refractivity contribution in [2.45, 2.75) is 16.3 Å². The second kappa shape index (κ2) is 8.14. The summed E-state index contributed by atoms with van der Waals surface area (Å²) in [4.78, 5) is 1.65. The molecule has 0 unspecified atom stereocenters. The van der Waals surface area contributed by atoms with Gasteiger partial charge in [0.2, 0.25) is 4.80 Å². The van der Waals surface area contributed by atoms with Gasteiger partial charge < -0.3 is 9.30 Å². The molecule has 1 aromatic heterocycles. The maximum Gasteiger partial charge on any atom is 0.285 e. The molecule has 0 aliphatic rings. The van der Waals surface area contributed by atoms with Crippen LogP contribution in [0.15, 0.2) is 56.7 Å². The van der Waals surface area contributed by atoms with Crippen LogP contribution >= 0.6 is 34.7 Å². The van der Waals surface area contributed by atoms with E-state index in [4.69, 9.17) is 16.3 Å². The van der Waals surface area contributed by atoms with Crippen molar-refractivity contribution in [2.75, 3.05) is 20.0 Å². The molecule has 138 valence electrons. The Morgan fingerprint density at radius 1 is 1.23 bits per heavy atom. The van der Waals surface area contributed by atoms with E-state index in [0.29, 0.717) is 23.0 Å². The van der Waals surface area contributed by atoms with Crippen LogP contribution in [0.25, 0.3) is 10.2 Å². The summed E-state index contributed by atoms with van der Waals surface area (Å²) >= 11 is 8.83. The molecular formula is C17H17ClN2O3S3. The predicted octanol–water partition coefficient (Wildman–Crippen LogP) is 4.01. The van der Waals surface area contributed by atoms with Gasteiger partial charge in [0.05, 0.1) is 21.7 Å². The Morgan fingerprint density at radius 3 is 2.62 bits per heavy atom. The minimum absolute atomic E-state index is 0.113. The van der Waals surface area contributed by atoms with Gasteiger partial charge in [0, 0.05) is 23.6 Å². The van der Waals surface area contributed by atoms with E-state index in [9.17, 15) is 8.42 Å². The van der Waals surface area contributed by atoms with Gasteiger partial charge in [-0.3, -0.25) is 0 Å². The number of hydrogen-bond acceptors (Lipinski definition) is 5. The number of benzene rings is 2. The van der Waals surface area contributed by atoms with Crippen LogP contribution in [0.2, 0.25) is 5.02 Å². The number of aromatic nitrogens is 1. The summed E-state index contributed by atoms with van der Waals surface area (Å²) in [5.74, 6) is 0. The number of methoxy groups -OCH3 is 1. The molecule has 0 spiro atoms. The van der Waals surface area contributed by atoms with Crippen LogP contribution in [0.3, 0.4) is 0 Å². The number of hydrogen-bond donors (Lipinski definition) is 0. The minimum Gasteiger partial charge on any atom is -0.383 e. The summed E-state index contributed by atoms with van der Waals surface area (Å²) in [6.07, 6.45) is 2.00. The summed E-state index contributed by atoms with van der Waals surface area (Å²) in [6.45, 7) is 0.981. The Morgan fingerprint density at radius 2 is 1.96 bits per heavy atom. The van der Waals surface area contributed by atoms with Gasteiger partial charge in [-0.05, 0) is 48.7 Å². The molecule has 3 aromatic rings. The highest BCUT2D eigenvalue weighted by Gasteiger charge is 2.15. The van der Waals surface area contributed by atoms with Crippen molar-refractivity contribution >= 4 is 54.9 Å². The molecule has 2 aromatic carbocycles. The Labute approximate surface area is 165 Å². The van der Waals surface area contributed by atoms with Gasteiger partial charge in [0.1, 0.15) is 0 Å². The number of halogens is 1. The second-order valence-electron chi connectivity index (χ2n) is 5.38. The first-order valence-electron chi connectivity index (χ1n) is 7.67. The summed E-state index contributed by atoms with van der Waals surface area (Å²) in [7, 11) is -2.22. The van der Waals surface area contributed by atoms with Gasteiger partial charge in [-0.2, -0.15) is 8.42 Å². The number of thiazole rings is 1. The Kier molecular flexibility index (Phi) is 6.09. The van der Waals surface area contributed by atoms with E-state index in [1.165, 1.54) is 23.5 Å². The second-order valence-corrected chi connectivity index (χ2v) is 9.31. The molecule has 0 aliphatic carbocycles. The van der Waals surface area contributed by atoms with Crippen molar-refractivity contribution in [1.82, 2.24) is 4.57 Å². The lowest BCUT2D eigenvalue weighted by Gasteiger charge is -2.05. The smallest absolute Gasteiger partial charge is 0.285 e. The number of sulfonamides is 1. The quantitative estimate of drug-likeness (QED) is 0.556. The Bertz CT molecular complexity index is 1090. The van der Waals surface area contributed by atoms with E-state index < -0.39 is 10.0 Å². The number of rotatable bonds is 6. The molecule has 0 bridgehead atoms.